The minimum absolute atomic E-state index is 1.25. The summed E-state index contributed by atoms with van der Waals surface area (Å²) >= 11 is -3.74. The van der Waals surface area contributed by atoms with E-state index >= 15 is 0 Å². The van der Waals surface area contributed by atoms with Gasteiger partial charge in [0.2, 0.25) is 0 Å². The predicted molar refractivity (Wildman–Crippen MR) is 58.1 cm³/mol. The fourth-order valence-electron chi connectivity index (χ4n) is 0.928. The summed E-state index contributed by atoms with van der Waals surface area (Å²) < 4.78 is 16.2. The first-order valence-electron chi connectivity index (χ1n) is 4.41. The Morgan fingerprint density at radius 2 is 0.917 bits per heavy atom. The van der Waals surface area contributed by atoms with E-state index in [0.717, 1.165) is 0 Å². The summed E-state index contributed by atoms with van der Waals surface area (Å²) in [6.07, 6.45) is 0. The molecule has 0 radical (unpaired) electrons. The molecule has 72 valence electrons. The first-order chi connectivity index (χ1) is 5.80. The van der Waals surface area contributed by atoms with Crippen molar-refractivity contribution in [3.05, 3.63) is 0 Å². The molecule has 0 unspecified atom stereocenters. The number of nitrogens with one attached hydrogen (secondary N) is 3. The maximum absolute atomic E-state index is 3.95. The van der Waals surface area contributed by atoms with E-state index in [9.17, 15) is 0 Å². The zero-order valence-electron chi connectivity index (χ0n) is 7.96. The van der Waals surface area contributed by atoms with Crippen molar-refractivity contribution in [2.24, 2.45) is 0 Å². The fraction of sp³-hybridized carbons (Fsp3) is 1.00. The van der Waals surface area contributed by atoms with Crippen LogP contribution in [0, 0.1) is 0 Å². The summed E-state index contributed by atoms with van der Waals surface area (Å²) in [4.78, 5) is 0. The Morgan fingerprint density at radius 3 is 1.08 bits per heavy atom. The van der Waals surface area contributed by atoms with Crippen molar-refractivity contribution in [1.29, 1.82) is 0 Å². The molecular weight excluding hydrogens is 741 g/mol. The molecule has 0 saturated carbocycles. The van der Waals surface area contributed by atoms with Gasteiger partial charge in [-0.1, -0.05) is 0 Å². The SMILES string of the molecule is C[CH2][Bi]1[NH][Bi]([CH2]C)[NH][Bi]([CH2]C)[NH]1. The Hall–Kier alpha value is 2.53. The number of hydrogen-bond acceptors (Lipinski definition) is 3. The van der Waals surface area contributed by atoms with Gasteiger partial charge in [0.15, 0.2) is 0 Å². The van der Waals surface area contributed by atoms with Crippen molar-refractivity contribution in [3.8, 4) is 0 Å². The van der Waals surface area contributed by atoms with Gasteiger partial charge in [0.05, 0.1) is 0 Å². The van der Waals surface area contributed by atoms with Gasteiger partial charge < -0.3 is 0 Å². The Morgan fingerprint density at radius 1 is 0.667 bits per heavy atom. The van der Waals surface area contributed by atoms with Gasteiger partial charge in [-0.3, -0.25) is 0 Å². The van der Waals surface area contributed by atoms with E-state index in [1.807, 2.05) is 0 Å². The van der Waals surface area contributed by atoms with Crippen LogP contribution in [0.5, 0.6) is 0 Å². The molecule has 1 aliphatic rings. The molecule has 6 heteroatoms. The van der Waals surface area contributed by atoms with Crippen molar-refractivity contribution in [2.75, 3.05) is 0 Å². The van der Waals surface area contributed by atoms with E-state index in [2.05, 4.69) is 24.4 Å². The van der Waals surface area contributed by atoms with Crippen LogP contribution in [0.15, 0.2) is 0 Å². The van der Waals surface area contributed by atoms with Crippen LogP contribution in [0.2, 0.25) is 12.4 Å². The van der Waals surface area contributed by atoms with E-state index in [1.165, 1.54) is 12.4 Å². The Kier molecular flexibility index (Phi) is 7.26. The van der Waals surface area contributed by atoms with Crippen LogP contribution in [-0.2, 0) is 0 Å². The molecule has 0 bridgehead atoms. The third-order valence-electron chi connectivity index (χ3n) is 1.67. The van der Waals surface area contributed by atoms with Gasteiger partial charge in [0, 0.05) is 0 Å². The molecule has 1 rings (SSSR count). The summed E-state index contributed by atoms with van der Waals surface area (Å²) in [5.74, 6) is 0. The molecule has 0 atom stereocenters. The molecule has 1 fully saturated rings. The summed E-state index contributed by atoms with van der Waals surface area (Å²) in [5.41, 5.74) is 0. The van der Waals surface area contributed by atoms with Gasteiger partial charge in [0.1, 0.15) is 0 Å². The van der Waals surface area contributed by atoms with Crippen molar-refractivity contribution in [2.45, 2.75) is 33.2 Å². The zero-order chi connectivity index (χ0) is 8.97. The third kappa shape index (κ3) is 3.95. The topological polar surface area (TPSA) is 36.1 Å². The van der Waals surface area contributed by atoms with E-state index in [-0.39, 0.29) is 0 Å². The Balaban J connectivity index is 2.41. The monoisotopic (exact) mass is 759 g/mol. The molecule has 1 heterocycles. The van der Waals surface area contributed by atoms with Crippen LogP contribution in [0.25, 0.3) is 0 Å². The van der Waals surface area contributed by atoms with Crippen LogP contribution in [0.4, 0.5) is 0 Å². The maximum atomic E-state index is 3.95. The molecule has 0 amide bonds. The molecular formula is C6H18Bi3N3. The first-order valence-corrected chi connectivity index (χ1v) is 22.2. The molecule has 0 aromatic heterocycles. The zero-order valence-corrected chi connectivity index (χ0v) is 18.4. The number of rotatable bonds is 3. The minimum atomic E-state index is -1.25. The van der Waals surface area contributed by atoms with E-state index in [0.29, 0.717) is 0 Å². The van der Waals surface area contributed by atoms with Crippen LogP contribution < -0.4 is 3.61 Å². The molecule has 0 aromatic carbocycles. The van der Waals surface area contributed by atoms with Crippen molar-refractivity contribution in [1.82, 2.24) is 3.61 Å². The Labute approximate surface area is 102 Å². The van der Waals surface area contributed by atoms with Gasteiger partial charge in [-0.25, -0.2) is 0 Å². The fourth-order valence-corrected chi connectivity index (χ4v) is 112. The second kappa shape index (κ2) is 6.91. The van der Waals surface area contributed by atoms with E-state index < -0.39 is 67.0 Å². The molecule has 3 N–H and O–H groups in total. The van der Waals surface area contributed by atoms with Crippen LogP contribution in [-0.4, -0.2) is 67.0 Å². The molecule has 3 nitrogen and oxygen atoms in total. The van der Waals surface area contributed by atoms with Gasteiger partial charge in [0.25, 0.3) is 0 Å². The second-order valence-electron chi connectivity index (χ2n) is 2.53. The number of hydrogen-bond donors (Lipinski definition) is 3. The summed E-state index contributed by atoms with van der Waals surface area (Å²) in [6, 6.07) is 0. The van der Waals surface area contributed by atoms with Crippen LogP contribution in [0.1, 0.15) is 20.8 Å². The second-order valence-corrected chi connectivity index (χ2v) is 42.7. The Bertz CT molecular complexity index is 105. The van der Waals surface area contributed by atoms with Gasteiger partial charge in [-0.05, 0) is 0 Å². The van der Waals surface area contributed by atoms with Crippen molar-refractivity contribution >= 4 is 67.0 Å². The van der Waals surface area contributed by atoms with E-state index in [1.54, 1.807) is 0 Å². The van der Waals surface area contributed by atoms with Gasteiger partial charge >= 0.3 is 104 Å². The summed E-state index contributed by atoms with van der Waals surface area (Å²) in [6.45, 7) is 7.08. The molecule has 0 aromatic rings. The molecule has 0 aliphatic carbocycles. The summed E-state index contributed by atoms with van der Waals surface area (Å²) in [5, 5.41) is 0. The van der Waals surface area contributed by atoms with E-state index in [4.69, 9.17) is 0 Å². The first kappa shape index (κ1) is 12.6. The standard InChI is InChI=1S/3C2H5.3Bi.3HN/c3*1-2;;;;;;/h3*1H2,2H3;;;;3*1H. The third-order valence-corrected chi connectivity index (χ3v) is 64.1. The van der Waals surface area contributed by atoms with Gasteiger partial charge in [-0.15, -0.1) is 0 Å². The predicted octanol–water partition coefficient (Wildman–Crippen LogP) is 0.293. The van der Waals surface area contributed by atoms with Gasteiger partial charge in [-0.2, -0.15) is 0 Å². The van der Waals surface area contributed by atoms with Crippen molar-refractivity contribution < 1.29 is 0 Å². The molecule has 1 saturated heterocycles. The molecule has 12 heavy (non-hydrogen) atoms. The summed E-state index contributed by atoms with van der Waals surface area (Å²) in [7, 11) is 0. The normalized spacial score (nSPS) is 23.2. The van der Waals surface area contributed by atoms with Crippen LogP contribution in [0.3, 0.4) is 0 Å². The molecule has 1 aliphatic heterocycles. The molecule has 0 spiro atoms. The average Bonchev–Trinajstić information content (AvgIpc) is 2.16. The average molecular weight is 759 g/mol. The quantitative estimate of drug-likeness (QED) is 0.363. The van der Waals surface area contributed by atoms with Crippen molar-refractivity contribution in [3.63, 3.8) is 0 Å². The van der Waals surface area contributed by atoms with Crippen LogP contribution >= 0.6 is 0 Å².